The van der Waals surface area contributed by atoms with E-state index in [4.69, 9.17) is 4.74 Å². The second-order valence-electron chi connectivity index (χ2n) is 4.95. The first kappa shape index (κ1) is 14.3. The molecule has 0 saturated carbocycles. The van der Waals surface area contributed by atoms with Gasteiger partial charge in [-0.2, -0.15) is 0 Å². The summed E-state index contributed by atoms with van der Waals surface area (Å²) in [4.78, 5) is 2.47. The van der Waals surface area contributed by atoms with Gasteiger partial charge in [-0.15, -0.1) is 0 Å². The molecule has 3 heteroatoms. The molecule has 1 aliphatic rings. The molecule has 0 amide bonds. The summed E-state index contributed by atoms with van der Waals surface area (Å²) in [5.74, 6) is 0. The van der Waals surface area contributed by atoms with E-state index in [1.165, 1.54) is 12.0 Å². The summed E-state index contributed by atoms with van der Waals surface area (Å²) >= 11 is 0. The maximum atomic E-state index is 5.34. The molecule has 0 radical (unpaired) electrons. The first-order valence-electron chi connectivity index (χ1n) is 7.10. The number of benzene rings is 1. The highest BCUT2D eigenvalue weighted by Gasteiger charge is 2.08. The molecule has 1 aromatic carbocycles. The van der Waals surface area contributed by atoms with E-state index in [1.807, 2.05) is 6.07 Å². The summed E-state index contributed by atoms with van der Waals surface area (Å²) in [6.45, 7) is 11.1. The number of rotatable bonds is 7. The largest absolute Gasteiger partial charge is 0.379 e. The molecule has 1 fully saturated rings. The minimum atomic E-state index is 0.868. The number of hydrogen-bond acceptors (Lipinski definition) is 3. The molecule has 1 aliphatic heterocycles. The zero-order chi connectivity index (χ0) is 13.3. The third-order valence-corrected chi connectivity index (χ3v) is 3.45. The van der Waals surface area contributed by atoms with E-state index in [1.54, 1.807) is 0 Å². The molecule has 1 heterocycles. The average molecular weight is 260 g/mol. The Hall–Kier alpha value is -1.16. The van der Waals surface area contributed by atoms with Gasteiger partial charge in [0.05, 0.1) is 13.2 Å². The first-order chi connectivity index (χ1) is 9.36. The number of morpholine rings is 1. The molecule has 104 valence electrons. The lowest BCUT2D eigenvalue weighted by atomic mass is 10.1. The Morgan fingerprint density at radius 1 is 1.21 bits per heavy atom. The van der Waals surface area contributed by atoms with Gasteiger partial charge in [0, 0.05) is 19.6 Å². The van der Waals surface area contributed by atoms with Gasteiger partial charge in [-0.05, 0) is 30.6 Å². The van der Waals surface area contributed by atoms with Crippen LogP contribution in [0, 0.1) is 0 Å². The minimum Gasteiger partial charge on any atom is -0.379 e. The Labute approximate surface area is 116 Å². The predicted molar refractivity (Wildman–Crippen MR) is 80.2 cm³/mol. The third-order valence-electron chi connectivity index (χ3n) is 3.45. The van der Waals surface area contributed by atoms with Crippen molar-refractivity contribution < 1.29 is 4.74 Å². The van der Waals surface area contributed by atoms with Crippen molar-refractivity contribution in [2.75, 3.05) is 45.9 Å². The van der Waals surface area contributed by atoms with Crippen molar-refractivity contribution in [2.24, 2.45) is 0 Å². The van der Waals surface area contributed by atoms with Crippen LogP contribution in [0.4, 0.5) is 0 Å². The number of hydrogen-bond donors (Lipinski definition) is 1. The standard InChI is InChI=1S/C16H24N2O/c1-15(16-6-3-2-4-7-16)14-17-8-5-9-18-10-12-19-13-11-18/h2-4,6-7,17H,1,5,8-14H2. The fourth-order valence-corrected chi connectivity index (χ4v) is 2.27. The van der Waals surface area contributed by atoms with Crippen LogP contribution in [0.2, 0.25) is 0 Å². The highest BCUT2D eigenvalue weighted by molar-refractivity contribution is 5.64. The molecule has 0 aromatic heterocycles. The zero-order valence-corrected chi connectivity index (χ0v) is 11.6. The van der Waals surface area contributed by atoms with Gasteiger partial charge in [-0.3, -0.25) is 4.90 Å². The van der Waals surface area contributed by atoms with E-state index in [9.17, 15) is 0 Å². The summed E-state index contributed by atoms with van der Waals surface area (Å²) in [7, 11) is 0. The molecule has 2 rings (SSSR count). The maximum Gasteiger partial charge on any atom is 0.0594 e. The fraction of sp³-hybridized carbons (Fsp3) is 0.500. The molecule has 19 heavy (non-hydrogen) atoms. The molecule has 1 aromatic rings. The molecule has 1 saturated heterocycles. The summed E-state index contributed by atoms with van der Waals surface area (Å²) < 4.78 is 5.34. The van der Waals surface area contributed by atoms with Crippen LogP contribution in [0.15, 0.2) is 36.9 Å². The Balaban J connectivity index is 1.55. The zero-order valence-electron chi connectivity index (χ0n) is 11.6. The lowest BCUT2D eigenvalue weighted by Crippen LogP contribution is -2.37. The molecular formula is C16H24N2O. The van der Waals surface area contributed by atoms with Gasteiger partial charge in [0.25, 0.3) is 0 Å². The summed E-state index contributed by atoms with van der Waals surface area (Å²) in [6.07, 6.45) is 1.18. The van der Waals surface area contributed by atoms with Crippen molar-refractivity contribution in [1.82, 2.24) is 10.2 Å². The second kappa shape index (κ2) is 8.10. The van der Waals surface area contributed by atoms with E-state index in [0.717, 1.165) is 51.5 Å². The fourth-order valence-electron chi connectivity index (χ4n) is 2.27. The van der Waals surface area contributed by atoms with Crippen molar-refractivity contribution >= 4 is 5.57 Å². The van der Waals surface area contributed by atoms with E-state index in [-0.39, 0.29) is 0 Å². The Bertz CT molecular complexity index is 372. The van der Waals surface area contributed by atoms with Crippen LogP contribution in [-0.2, 0) is 4.74 Å². The molecule has 3 nitrogen and oxygen atoms in total. The van der Waals surface area contributed by atoms with Crippen molar-refractivity contribution in [1.29, 1.82) is 0 Å². The van der Waals surface area contributed by atoms with Crippen LogP contribution >= 0.6 is 0 Å². The lowest BCUT2D eigenvalue weighted by molar-refractivity contribution is 0.0375. The van der Waals surface area contributed by atoms with Crippen LogP contribution < -0.4 is 5.32 Å². The summed E-state index contributed by atoms with van der Waals surface area (Å²) in [6, 6.07) is 10.4. The molecule has 0 spiro atoms. The maximum absolute atomic E-state index is 5.34. The predicted octanol–water partition coefficient (Wildman–Crippen LogP) is 2.01. The molecule has 0 aliphatic carbocycles. The first-order valence-corrected chi connectivity index (χ1v) is 7.10. The van der Waals surface area contributed by atoms with Gasteiger partial charge in [0.2, 0.25) is 0 Å². The van der Waals surface area contributed by atoms with E-state index in [0.29, 0.717) is 0 Å². The van der Waals surface area contributed by atoms with Gasteiger partial charge >= 0.3 is 0 Å². The highest BCUT2D eigenvalue weighted by Crippen LogP contribution is 2.09. The summed E-state index contributed by atoms with van der Waals surface area (Å²) in [5.41, 5.74) is 2.38. The van der Waals surface area contributed by atoms with Crippen LogP contribution in [0.5, 0.6) is 0 Å². The molecule has 1 N–H and O–H groups in total. The van der Waals surface area contributed by atoms with Gasteiger partial charge < -0.3 is 10.1 Å². The SMILES string of the molecule is C=C(CNCCCN1CCOCC1)c1ccccc1. The van der Waals surface area contributed by atoms with Gasteiger partial charge in [-0.1, -0.05) is 36.9 Å². The Morgan fingerprint density at radius 3 is 2.68 bits per heavy atom. The molecule has 0 atom stereocenters. The minimum absolute atomic E-state index is 0.868. The van der Waals surface area contributed by atoms with E-state index >= 15 is 0 Å². The van der Waals surface area contributed by atoms with Crippen LogP contribution in [0.1, 0.15) is 12.0 Å². The molecule has 0 unspecified atom stereocenters. The third kappa shape index (κ3) is 5.15. The number of ether oxygens (including phenoxy) is 1. The van der Waals surface area contributed by atoms with Gasteiger partial charge in [0.1, 0.15) is 0 Å². The number of nitrogens with one attached hydrogen (secondary N) is 1. The topological polar surface area (TPSA) is 24.5 Å². The summed E-state index contributed by atoms with van der Waals surface area (Å²) in [5, 5.41) is 3.47. The normalized spacial score (nSPS) is 16.4. The van der Waals surface area contributed by atoms with Gasteiger partial charge in [0.15, 0.2) is 0 Å². The average Bonchev–Trinajstić information content (AvgIpc) is 2.49. The smallest absolute Gasteiger partial charge is 0.0594 e. The van der Waals surface area contributed by atoms with Crippen molar-refractivity contribution in [3.63, 3.8) is 0 Å². The van der Waals surface area contributed by atoms with Crippen LogP contribution in [0.25, 0.3) is 5.57 Å². The molecule has 0 bridgehead atoms. The van der Waals surface area contributed by atoms with Crippen molar-refractivity contribution in [3.8, 4) is 0 Å². The Morgan fingerprint density at radius 2 is 1.95 bits per heavy atom. The number of nitrogens with zero attached hydrogens (tertiary/aromatic N) is 1. The Kier molecular flexibility index (Phi) is 6.08. The second-order valence-corrected chi connectivity index (χ2v) is 4.95. The van der Waals surface area contributed by atoms with Crippen LogP contribution in [0.3, 0.4) is 0 Å². The van der Waals surface area contributed by atoms with Crippen molar-refractivity contribution in [2.45, 2.75) is 6.42 Å². The molecular weight excluding hydrogens is 236 g/mol. The van der Waals surface area contributed by atoms with Gasteiger partial charge in [-0.25, -0.2) is 0 Å². The monoisotopic (exact) mass is 260 g/mol. The van der Waals surface area contributed by atoms with Crippen molar-refractivity contribution in [3.05, 3.63) is 42.5 Å². The van der Waals surface area contributed by atoms with Crippen LogP contribution in [-0.4, -0.2) is 50.8 Å². The van der Waals surface area contributed by atoms with E-state index < -0.39 is 0 Å². The quantitative estimate of drug-likeness (QED) is 0.759. The lowest BCUT2D eigenvalue weighted by Gasteiger charge is -2.26. The van der Waals surface area contributed by atoms with E-state index in [2.05, 4.69) is 41.1 Å². The highest BCUT2D eigenvalue weighted by atomic mass is 16.5.